The number of carbonyl (C=O) groups is 1. The first-order valence-electron chi connectivity index (χ1n) is 8.05. The van der Waals surface area contributed by atoms with E-state index in [1.807, 2.05) is 4.90 Å². The summed E-state index contributed by atoms with van der Waals surface area (Å²) in [4.78, 5) is 17.1. The molecule has 0 aromatic rings. The second-order valence-corrected chi connectivity index (χ2v) is 6.37. The monoisotopic (exact) mass is 281 g/mol. The van der Waals surface area contributed by atoms with Crippen molar-refractivity contribution in [1.82, 2.24) is 15.1 Å². The van der Waals surface area contributed by atoms with Crippen LogP contribution in [0.3, 0.4) is 0 Å². The molecule has 20 heavy (non-hydrogen) atoms. The van der Waals surface area contributed by atoms with Crippen molar-refractivity contribution in [2.24, 2.45) is 11.8 Å². The molecule has 0 saturated carbocycles. The van der Waals surface area contributed by atoms with Crippen LogP contribution in [0.1, 0.15) is 20.3 Å². The molecule has 0 aromatic carbocycles. The minimum Gasteiger partial charge on any atom is -0.378 e. The third-order valence-corrected chi connectivity index (χ3v) is 5.35. The van der Waals surface area contributed by atoms with Crippen LogP contribution in [0.2, 0.25) is 0 Å². The lowest BCUT2D eigenvalue weighted by atomic mass is 9.92. The van der Waals surface area contributed by atoms with Gasteiger partial charge in [-0.1, -0.05) is 6.92 Å². The van der Waals surface area contributed by atoms with Crippen LogP contribution in [0.25, 0.3) is 0 Å². The van der Waals surface area contributed by atoms with E-state index in [-0.39, 0.29) is 6.04 Å². The van der Waals surface area contributed by atoms with E-state index in [0.29, 0.717) is 25.2 Å². The van der Waals surface area contributed by atoms with Crippen molar-refractivity contribution < 1.29 is 9.53 Å². The summed E-state index contributed by atoms with van der Waals surface area (Å²) < 4.78 is 5.34. The fraction of sp³-hybridized carbons (Fsp3) is 0.933. The molecule has 0 aliphatic carbocycles. The summed E-state index contributed by atoms with van der Waals surface area (Å²) in [5, 5.41) is 3.50. The van der Waals surface area contributed by atoms with Crippen LogP contribution < -0.4 is 5.32 Å². The van der Waals surface area contributed by atoms with Gasteiger partial charge in [-0.15, -0.1) is 0 Å². The average molecular weight is 281 g/mol. The molecule has 114 valence electrons. The first kappa shape index (κ1) is 14.3. The number of nitrogens with zero attached hydrogens (tertiary/aromatic N) is 2. The molecule has 3 aliphatic heterocycles. The summed E-state index contributed by atoms with van der Waals surface area (Å²) in [5.74, 6) is 1.76. The minimum atomic E-state index is 0.0173. The maximum Gasteiger partial charge on any atom is 0.239 e. The Labute approximate surface area is 121 Å². The molecular formula is C15H27N3O2. The Kier molecular flexibility index (Phi) is 4.29. The molecule has 1 N–H and O–H groups in total. The molecule has 3 fully saturated rings. The highest BCUT2D eigenvalue weighted by Crippen LogP contribution is 2.35. The summed E-state index contributed by atoms with van der Waals surface area (Å²) in [6, 6.07) is 0.582. The highest BCUT2D eigenvalue weighted by Gasteiger charge is 2.46. The van der Waals surface area contributed by atoms with E-state index in [9.17, 15) is 4.79 Å². The van der Waals surface area contributed by atoms with Gasteiger partial charge in [0.05, 0.1) is 19.3 Å². The number of rotatable bonds is 3. The summed E-state index contributed by atoms with van der Waals surface area (Å²) >= 11 is 0. The predicted octanol–water partition coefficient (Wildman–Crippen LogP) is 0.164. The average Bonchev–Trinajstić information content (AvgIpc) is 3.06. The summed E-state index contributed by atoms with van der Waals surface area (Å²) in [6.45, 7) is 10.5. The largest absolute Gasteiger partial charge is 0.378 e. The van der Waals surface area contributed by atoms with Gasteiger partial charge in [0, 0.05) is 25.7 Å². The number of hydrogen-bond donors (Lipinski definition) is 1. The SMILES string of the molecule is CCC1C2CNCC2CN1C(C)C(=O)N1CCOCC1. The van der Waals surface area contributed by atoms with E-state index in [1.54, 1.807) is 0 Å². The third-order valence-electron chi connectivity index (χ3n) is 5.35. The van der Waals surface area contributed by atoms with Gasteiger partial charge >= 0.3 is 0 Å². The van der Waals surface area contributed by atoms with Crippen molar-refractivity contribution >= 4 is 5.91 Å². The molecule has 4 atom stereocenters. The number of fused-ring (bicyclic) bond motifs is 1. The molecule has 5 nitrogen and oxygen atoms in total. The lowest BCUT2D eigenvalue weighted by Crippen LogP contribution is -2.52. The Morgan fingerprint density at radius 3 is 2.80 bits per heavy atom. The molecule has 0 aromatic heterocycles. The van der Waals surface area contributed by atoms with Gasteiger partial charge in [0.15, 0.2) is 0 Å². The molecule has 4 unspecified atom stereocenters. The van der Waals surface area contributed by atoms with Crippen molar-refractivity contribution in [1.29, 1.82) is 0 Å². The molecule has 3 saturated heterocycles. The van der Waals surface area contributed by atoms with Gasteiger partial charge in [0.2, 0.25) is 5.91 Å². The zero-order valence-corrected chi connectivity index (χ0v) is 12.7. The molecule has 1 amide bonds. The van der Waals surface area contributed by atoms with Crippen molar-refractivity contribution in [3.05, 3.63) is 0 Å². The summed E-state index contributed by atoms with van der Waals surface area (Å²) in [7, 11) is 0. The molecule has 0 spiro atoms. The van der Waals surface area contributed by atoms with Crippen molar-refractivity contribution in [2.45, 2.75) is 32.4 Å². The van der Waals surface area contributed by atoms with Gasteiger partial charge in [0.1, 0.15) is 0 Å². The van der Waals surface area contributed by atoms with Crippen LogP contribution in [0, 0.1) is 11.8 Å². The topological polar surface area (TPSA) is 44.8 Å². The fourth-order valence-corrected chi connectivity index (χ4v) is 4.23. The number of amides is 1. The van der Waals surface area contributed by atoms with Gasteiger partial charge in [-0.25, -0.2) is 0 Å². The lowest BCUT2D eigenvalue weighted by Gasteiger charge is -2.36. The van der Waals surface area contributed by atoms with E-state index in [4.69, 9.17) is 4.74 Å². The molecule has 0 radical (unpaired) electrons. The second kappa shape index (κ2) is 6.00. The molecular weight excluding hydrogens is 254 g/mol. The van der Waals surface area contributed by atoms with E-state index >= 15 is 0 Å². The Bertz CT molecular complexity index is 357. The number of morpholine rings is 1. The van der Waals surface area contributed by atoms with E-state index in [0.717, 1.165) is 51.0 Å². The number of carbonyl (C=O) groups excluding carboxylic acids is 1. The van der Waals surface area contributed by atoms with Gasteiger partial charge < -0.3 is 15.0 Å². The highest BCUT2D eigenvalue weighted by atomic mass is 16.5. The van der Waals surface area contributed by atoms with Gasteiger partial charge in [-0.2, -0.15) is 0 Å². The van der Waals surface area contributed by atoms with Crippen molar-refractivity contribution in [2.75, 3.05) is 45.9 Å². The molecule has 5 heteroatoms. The number of likely N-dealkylation sites (tertiary alicyclic amines) is 1. The Hall–Kier alpha value is -0.650. The summed E-state index contributed by atoms with van der Waals surface area (Å²) in [5.41, 5.74) is 0. The van der Waals surface area contributed by atoms with Gasteiger partial charge in [-0.05, 0) is 38.3 Å². The molecule has 3 aliphatic rings. The molecule has 3 heterocycles. The first-order chi connectivity index (χ1) is 9.72. The Morgan fingerprint density at radius 2 is 2.10 bits per heavy atom. The minimum absolute atomic E-state index is 0.0173. The van der Waals surface area contributed by atoms with E-state index in [2.05, 4.69) is 24.1 Å². The number of ether oxygens (including phenoxy) is 1. The van der Waals surface area contributed by atoms with Crippen molar-refractivity contribution in [3.8, 4) is 0 Å². The van der Waals surface area contributed by atoms with Crippen LogP contribution in [0.4, 0.5) is 0 Å². The molecule has 0 bridgehead atoms. The standard InChI is InChI=1S/C15H27N3O2/c1-3-14-13-9-16-8-12(13)10-18(14)11(2)15(19)17-4-6-20-7-5-17/h11-14,16H,3-10H2,1-2H3. The van der Waals surface area contributed by atoms with Gasteiger partial charge in [-0.3, -0.25) is 9.69 Å². The van der Waals surface area contributed by atoms with E-state index < -0.39 is 0 Å². The Morgan fingerprint density at radius 1 is 1.35 bits per heavy atom. The van der Waals surface area contributed by atoms with Crippen LogP contribution in [0.5, 0.6) is 0 Å². The Balaban J connectivity index is 1.66. The third kappa shape index (κ3) is 2.47. The maximum absolute atomic E-state index is 12.7. The first-order valence-corrected chi connectivity index (χ1v) is 8.05. The van der Waals surface area contributed by atoms with Gasteiger partial charge in [0.25, 0.3) is 0 Å². The fourth-order valence-electron chi connectivity index (χ4n) is 4.23. The number of nitrogens with one attached hydrogen (secondary N) is 1. The quantitative estimate of drug-likeness (QED) is 0.801. The number of hydrogen-bond acceptors (Lipinski definition) is 4. The van der Waals surface area contributed by atoms with Crippen LogP contribution in [0.15, 0.2) is 0 Å². The smallest absolute Gasteiger partial charge is 0.239 e. The summed E-state index contributed by atoms with van der Waals surface area (Å²) in [6.07, 6.45) is 1.14. The van der Waals surface area contributed by atoms with E-state index in [1.165, 1.54) is 0 Å². The lowest BCUT2D eigenvalue weighted by molar-refractivity contribution is -0.141. The van der Waals surface area contributed by atoms with Crippen LogP contribution in [-0.4, -0.2) is 73.7 Å². The molecule has 3 rings (SSSR count). The van der Waals surface area contributed by atoms with Crippen LogP contribution >= 0.6 is 0 Å². The highest BCUT2D eigenvalue weighted by molar-refractivity contribution is 5.81. The predicted molar refractivity (Wildman–Crippen MR) is 77.5 cm³/mol. The zero-order chi connectivity index (χ0) is 14.1. The zero-order valence-electron chi connectivity index (χ0n) is 12.7. The second-order valence-electron chi connectivity index (χ2n) is 6.37. The van der Waals surface area contributed by atoms with Crippen LogP contribution in [-0.2, 0) is 9.53 Å². The van der Waals surface area contributed by atoms with Crippen molar-refractivity contribution in [3.63, 3.8) is 0 Å². The maximum atomic E-state index is 12.7. The normalized spacial score (nSPS) is 36.1.